The molecule has 1 atom stereocenters. The van der Waals surface area contributed by atoms with E-state index in [0.29, 0.717) is 24.4 Å². The van der Waals surface area contributed by atoms with Crippen LogP contribution >= 0.6 is 0 Å². The molecule has 3 aromatic carbocycles. The first-order valence-electron chi connectivity index (χ1n) is 13.9. The van der Waals surface area contributed by atoms with E-state index in [1.165, 1.54) is 11.4 Å². The highest BCUT2D eigenvalue weighted by atomic mass is 32.2. The molecule has 41 heavy (non-hydrogen) atoms. The summed E-state index contributed by atoms with van der Waals surface area (Å²) in [7, 11) is -2.08. The molecule has 220 valence electrons. The number of methoxy groups -OCH3 is 1. The van der Waals surface area contributed by atoms with Crippen LogP contribution in [-0.2, 0) is 32.6 Å². The zero-order valence-corrected chi connectivity index (χ0v) is 25.2. The average molecular weight is 580 g/mol. The van der Waals surface area contributed by atoms with Crippen LogP contribution in [0.5, 0.6) is 5.75 Å². The van der Waals surface area contributed by atoms with Crippen molar-refractivity contribution in [2.24, 2.45) is 0 Å². The van der Waals surface area contributed by atoms with Gasteiger partial charge in [-0.15, -0.1) is 0 Å². The number of hydrogen-bond acceptors (Lipinski definition) is 5. The Morgan fingerprint density at radius 2 is 1.66 bits per heavy atom. The molecule has 0 saturated heterocycles. The van der Waals surface area contributed by atoms with E-state index < -0.39 is 16.1 Å². The fourth-order valence-corrected chi connectivity index (χ4v) is 5.65. The largest absolute Gasteiger partial charge is 0.497 e. The molecule has 3 aromatic rings. The van der Waals surface area contributed by atoms with E-state index in [1.807, 2.05) is 68.4 Å². The van der Waals surface area contributed by atoms with Crippen LogP contribution in [0.4, 0.5) is 5.69 Å². The third-order valence-corrected chi connectivity index (χ3v) is 7.94. The molecule has 0 unspecified atom stereocenters. The summed E-state index contributed by atoms with van der Waals surface area (Å²) in [6.07, 6.45) is 2.65. The minimum Gasteiger partial charge on any atom is -0.497 e. The lowest BCUT2D eigenvalue weighted by Gasteiger charge is -2.32. The Bertz CT molecular complexity index is 1400. The highest BCUT2D eigenvalue weighted by Crippen LogP contribution is 2.24. The SMILES string of the molecule is CCCNC(=O)[C@H](Cc1ccccc1)N(Cc1cccc(C)c1)C(=O)CCCN(c1cccc(OC)c1)S(C)(=O)=O. The van der Waals surface area contributed by atoms with E-state index in [4.69, 9.17) is 4.74 Å². The number of aryl methyl sites for hydroxylation is 1. The number of nitrogens with zero attached hydrogens (tertiary/aromatic N) is 2. The van der Waals surface area contributed by atoms with Crippen LogP contribution in [0.1, 0.15) is 42.9 Å². The molecule has 0 spiro atoms. The molecule has 0 bridgehead atoms. The fourth-order valence-electron chi connectivity index (χ4n) is 4.70. The van der Waals surface area contributed by atoms with Crippen LogP contribution in [0.2, 0.25) is 0 Å². The van der Waals surface area contributed by atoms with Gasteiger partial charge < -0.3 is 15.0 Å². The Labute approximate surface area is 244 Å². The predicted octanol–water partition coefficient (Wildman–Crippen LogP) is 4.72. The van der Waals surface area contributed by atoms with Crippen LogP contribution < -0.4 is 14.4 Å². The zero-order valence-electron chi connectivity index (χ0n) is 24.4. The van der Waals surface area contributed by atoms with Gasteiger partial charge in [-0.25, -0.2) is 8.42 Å². The van der Waals surface area contributed by atoms with E-state index in [1.54, 1.807) is 29.2 Å². The van der Waals surface area contributed by atoms with E-state index in [-0.39, 0.29) is 37.7 Å². The molecule has 0 heterocycles. The number of carbonyl (C=O) groups excluding carboxylic acids is 2. The van der Waals surface area contributed by atoms with Gasteiger partial charge in [-0.3, -0.25) is 13.9 Å². The molecule has 0 aliphatic rings. The summed E-state index contributed by atoms with van der Waals surface area (Å²) >= 11 is 0. The van der Waals surface area contributed by atoms with Gasteiger partial charge in [-0.05, 0) is 43.0 Å². The molecular formula is C32H41N3O5S. The second-order valence-corrected chi connectivity index (χ2v) is 12.1. The first-order chi connectivity index (χ1) is 19.6. The average Bonchev–Trinajstić information content (AvgIpc) is 2.95. The zero-order chi connectivity index (χ0) is 29.8. The van der Waals surface area contributed by atoms with E-state index in [2.05, 4.69) is 5.32 Å². The third kappa shape index (κ3) is 9.63. The molecule has 0 aliphatic heterocycles. The smallest absolute Gasteiger partial charge is 0.243 e. The summed E-state index contributed by atoms with van der Waals surface area (Å²) in [6.45, 7) is 4.87. The molecule has 2 amide bonds. The monoisotopic (exact) mass is 579 g/mol. The topological polar surface area (TPSA) is 96.0 Å². The quantitative estimate of drug-likeness (QED) is 0.281. The van der Waals surface area contributed by atoms with Crippen LogP contribution in [0, 0.1) is 6.92 Å². The van der Waals surface area contributed by atoms with Crippen LogP contribution in [-0.4, -0.2) is 57.6 Å². The van der Waals surface area contributed by atoms with E-state index in [9.17, 15) is 18.0 Å². The van der Waals surface area contributed by atoms with Crippen molar-refractivity contribution < 1.29 is 22.7 Å². The van der Waals surface area contributed by atoms with Crippen molar-refractivity contribution in [1.82, 2.24) is 10.2 Å². The molecule has 0 aliphatic carbocycles. The molecule has 3 rings (SSSR count). The highest BCUT2D eigenvalue weighted by molar-refractivity contribution is 7.92. The number of rotatable bonds is 15. The van der Waals surface area contributed by atoms with Crippen LogP contribution in [0.15, 0.2) is 78.9 Å². The number of sulfonamides is 1. The van der Waals surface area contributed by atoms with Gasteiger partial charge in [0.05, 0.1) is 19.1 Å². The van der Waals surface area contributed by atoms with Crippen LogP contribution in [0.25, 0.3) is 0 Å². The molecule has 0 aromatic heterocycles. The van der Waals surface area contributed by atoms with Gasteiger partial charge in [-0.1, -0.05) is 73.2 Å². The standard InChI is InChI=1S/C32H41N3O5S/c1-5-19-33-32(37)30(22-26-13-7-6-8-14-26)34(24-27-15-9-12-25(2)21-27)31(36)18-11-20-35(41(4,38)39)28-16-10-17-29(23-28)40-3/h6-10,12-17,21,23,30H,5,11,18-20,22,24H2,1-4H3,(H,33,37)/t30-/m0/s1. The number of nitrogens with one attached hydrogen (secondary N) is 1. The van der Waals surface area contributed by atoms with E-state index >= 15 is 0 Å². The summed E-state index contributed by atoms with van der Waals surface area (Å²) in [5.41, 5.74) is 3.41. The molecule has 9 heteroatoms. The number of benzene rings is 3. The number of anilines is 1. The fraction of sp³-hybridized carbons (Fsp3) is 0.375. The molecule has 0 fully saturated rings. The highest BCUT2D eigenvalue weighted by Gasteiger charge is 2.30. The predicted molar refractivity (Wildman–Crippen MR) is 163 cm³/mol. The van der Waals surface area contributed by atoms with Gasteiger partial charge in [0.2, 0.25) is 21.8 Å². The maximum absolute atomic E-state index is 13.9. The number of ether oxygens (including phenoxy) is 1. The summed E-state index contributed by atoms with van der Waals surface area (Å²) in [5.74, 6) is 0.127. The lowest BCUT2D eigenvalue weighted by Crippen LogP contribution is -2.50. The Hall–Kier alpha value is -3.85. The van der Waals surface area contributed by atoms with Crippen molar-refractivity contribution in [2.75, 3.05) is 30.8 Å². The molecule has 0 saturated carbocycles. The minimum atomic E-state index is -3.61. The number of hydrogen-bond donors (Lipinski definition) is 1. The summed E-state index contributed by atoms with van der Waals surface area (Å²) in [5, 5.41) is 2.98. The summed E-state index contributed by atoms with van der Waals surface area (Å²) in [6, 6.07) is 23.6. The maximum Gasteiger partial charge on any atom is 0.243 e. The van der Waals surface area contributed by atoms with Crippen molar-refractivity contribution in [3.05, 3.63) is 95.6 Å². The summed E-state index contributed by atoms with van der Waals surface area (Å²) in [4.78, 5) is 29.0. The van der Waals surface area contributed by atoms with Gasteiger partial charge in [0.1, 0.15) is 11.8 Å². The normalized spacial score (nSPS) is 11.9. The first kappa shape index (κ1) is 31.7. The summed E-state index contributed by atoms with van der Waals surface area (Å²) < 4.78 is 31.8. The molecule has 1 N–H and O–H groups in total. The Morgan fingerprint density at radius 3 is 2.32 bits per heavy atom. The second-order valence-electron chi connectivity index (χ2n) is 10.1. The Morgan fingerprint density at radius 1 is 0.951 bits per heavy atom. The maximum atomic E-state index is 13.9. The Balaban J connectivity index is 1.87. The van der Waals surface area contributed by atoms with E-state index in [0.717, 1.165) is 29.4 Å². The van der Waals surface area contributed by atoms with Gasteiger partial charge in [0.25, 0.3) is 0 Å². The van der Waals surface area contributed by atoms with Gasteiger partial charge in [-0.2, -0.15) is 0 Å². The molecule has 8 nitrogen and oxygen atoms in total. The number of amides is 2. The lowest BCUT2D eigenvalue weighted by atomic mass is 10.0. The van der Waals surface area contributed by atoms with Gasteiger partial charge in [0.15, 0.2) is 0 Å². The minimum absolute atomic E-state index is 0.0775. The van der Waals surface area contributed by atoms with Crippen molar-refractivity contribution in [3.8, 4) is 5.75 Å². The number of carbonyl (C=O) groups is 2. The lowest BCUT2D eigenvalue weighted by molar-refractivity contribution is -0.141. The molecular weight excluding hydrogens is 538 g/mol. The van der Waals surface area contributed by atoms with Crippen molar-refractivity contribution >= 4 is 27.5 Å². The third-order valence-electron chi connectivity index (χ3n) is 6.75. The van der Waals surface area contributed by atoms with Crippen molar-refractivity contribution in [3.63, 3.8) is 0 Å². The van der Waals surface area contributed by atoms with Crippen LogP contribution in [0.3, 0.4) is 0 Å². The molecule has 0 radical (unpaired) electrons. The Kier molecular flexibility index (Phi) is 11.8. The van der Waals surface area contributed by atoms with Crippen molar-refractivity contribution in [2.45, 2.75) is 52.1 Å². The first-order valence-corrected chi connectivity index (χ1v) is 15.8. The van der Waals surface area contributed by atoms with Gasteiger partial charge >= 0.3 is 0 Å². The van der Waals surface area contributed by atoms with Gasteiger partial charge in [0, 0.05) is 38.5 Å². The van der Waals surface area contributed by atoms with Crippen molar-refractivity contribution in [1.29, 1.82) is 0 Å². The second kappa shape index (κ2) is 15.2.